The molecule has 0 spiro atoms. The quantitative estimate of drug-likeness (QED) is 0.680. The van der Waals surface area contributed by atoms with Crippen LogP contribution in [0.5, 0.6) is 17.4 Å². The van der Waals surface area contributed by atoms with Crippen molar-refractivity contribution < 1.29 is 19.0 Å². The minimum absolute atomic E-state index is 0.0673. The topological polar surface area (TPSA) is 91.6 Å². The van der Waals surface area contributed by atoms with Gasteiger partial charge in [-0.2, -0.15) is 0 Å². The van der Waals surface area contributed by atoms with E-state index in [4.69, 9.17) is 14.2 Å². The summed E-state index contributed by atoms with van der Waals surface area (Å²) in [6, 6.07) is 10.7. The van der Waals surface area contributed by atoms with Crippen LogP contribution in [0.2, 0.25) is 0 Å². The second-order valence-electron chi connectivity index (χ2n) is 6.46. The first-order valence-electron chi connectivity index (χ1n) is 8.92. The van der Waals surface area contributed by atoms with Crippen molar-refractivity contribution in [2.24, 2.45) is 0 Å². The summed E-state index contributed by atoms with van der Waals surface area (Å²) in [6.45, 7) is 1.99. The Morgan fingerprint density at radius 3 is 2.96 bits per heavy atom. The van der Waals surface area contributed by atoms with Crippen LogP contribution < -0.4 is 14.2 Å². The highest BCUT2D eigenvalue weighted by molar-refractivity contribution is 5.95. The van der Waals surface area contributed by atoms with Crippen LogP contribution in [0.25, 0.3) is 0 Å². The van der Waals surface area contributed by atoms with E-state index in [-0.39, 0.29) is 19.3 Å². The summed E-state index contributed by atoms with van der Waals surface area (Å²) in [6.07, 6.45) is 1.67. The van der Waals surface area contributed by atoms with Crippen LogP contribution in [0, 0.1) is 0 Å². The van der Waals surface area contributed by atoms with Gasteiger partial charge < -0.3 is 19.1 Å². The molecule has 2 aliphatic rings. The molecule has 2 aromatic heterocycles. The molecular weight excluding hydrogens is 362 g/mol. The molecule has 1 amide bonds. The number of ether oxygens (including phenoxy) is 3. The van der Waals surface area contributed by atoms with Crippen molar-refractivity contribution >= 4 is 5.91 Å². The Kier molecular flexibility index (Phi) is 4.04. The summed E-state index contributed by atoms with van der Waals surface area (Å²) in [5.74, 6) is 1.71. The number of nitrogens with zero attached hydrogens (tertiary/aromatic N) is 5. The maximum atomic E-state index is 13.0. The van der Waals surface area contributed by atoms with Crippen molar-refractivity contribution in [3.63, 3.8) is 0 Å². The standard InChI is InChI=1S/C19H17N5O4/c25-19(13-4-5-16-17(9-13)28-12-27-16)23-7-8-24-15(10-23)14(21-22-24)11-26-18-3-1-2-6-20-18/h1-6,9H,7-8,10-12H2. The van der Waals surface area contributed by atoms with Crippen molar-refractivity contribution in [2.45, 2.75) is 19.7 Å². The predicted octanol–water partition coefficient (Wildman–Crippen LogP) is 1.64. The van der Waals surface area contributed by atoms with E-state index in [9.17, 15) is 4.79 Å². The Hall–Kier alpha value is -3.62. The number of amides is 1. The Labute approximate surface area is 160 Å². The molecule has 0 fully saturated rings. The second-order valence-corrected chi connectivity index (χ2v) is 6.46. The molecule has 2 aliphatic heterocycles. The smallest absolute Gasteiger partial charge is 0.254 e. The maximum Gasteiger partial charge on any atom is 0.254 e. The van der Waals surface area contributed by atoms with Gasteiger partial charge in [-0.3, -0.25) is 4.79 Å². The van der Waals surface area contributed by atoms with Crippen LogP contribution in [0.15, 0.2) is 42.6 Å². The van der Waals surface area contributed by atoms with E-state index in [0.717, 1.165) is 5.69 Å². The van der Waals surface area contributed by atoms with Gasteiger partial charge in [0.2, 0.25) is 12.7 Å². The number of carbonyl (C=O) groups is 1. The highest BCUT2D eigenvalue weighted by Gasteiger charge is 2.27. The summed E-state index contributed by atoms with van der Waals surface area (Å²) < 4.78 is 18.2. The lowest BCUT2D eigenvalue weighted by Crippen LogP contribution is -2.38. The number of carbonyl (C=O) groups excluding carboxylic acids is 1. The normalized spacial score (nSPS) is 14.6. The minimum atomic E-state index is -0.0673. The Balaban J connectivity index is 1.32. The lowest BCUT2D eigenvalue weighted by molar-refractivity contribution is 0.0704. The summed E-state index contributed by atoms with van der Waals surface area (Å²) in [4.78, 5) is 18.9. The molecule has 3 aromatic rings. The van der Waals surface area contributed by atoms with E-state index < -0.39 is 0 Å². The first-order valence-corrected chi connectivity index (χ1v) is 8.92. The molecule has 0 saturated heterocycles. The molecule has 0 unspecified atom stereocenters. The predicted molar refractivity (Wildman–Crippen MR) is 95.9 cm³/mol. The molecule has 5 rings (SSSR count). The molecule has 0 aliphatic carbocycles. The van der Waals surface area contributed by atoms with E-state index in [1.54, 1.807) is 35.4 Å². The van der Waals surface area contributed by atoms with Crippen LogP contribution >= 0.6 is 0 Å². The van der Waals surface area contributed by atoms with E-state index >= 15 is 0 Å². The Morgan fingerprint density at radius 1 is 1.14 bits per heavy atom. The van der Waals surface area contributed by atoms with Gasteiger partial charge in [0.05, 0.1) is 18.8 Å². The average Bonchev–Trinajstić information content (AvgIpc) is 3.38. The Bertz CT molecular complexity index is 1020. The molecule has 0 bridgehead atoms. The third-order valence-corrected chi connectivity index (χ3v) is 4.74. The molecule has 142 valence electrons. The monoisotopic (exact) mass is 379 g/mol. The van der Waals surface area contributed by atoms with Crippen molar-refractivity contribution in [2.75, 3.05) is 13.3 Å². The van der Waals surface area contributed by atoms with E-state index in [1.165, 1.54) is 0 Å². The lowest BCUT2D eigenvalue weighted by atomic mass is 10.1. The number of pyridine rings is 1. The fraction of sp³-hybridized carbons (Fsp3) is 0.263. The minimum Gasteiger partial charge on any atom is -0.471 e. The molecule has 9 nitrogen and oxygen atoms in total. The zero-order chi connectivity index (χ0) is 18.9. The summed E-state index contributed by atoms with van der Waals surface area (Å²) in [7, 11) is 0. The number of aromatic nitrogens is 4. The van der Waals surface area contributed by atoms with Gasteiger partial charge >= 0.3 is 0 Å². The number of fused-ring (bicyclic) bond motifs is 2. The van der Waals surface area contributed by atoms with Crippen LogP contribution in [-0.2, 0) is 19.7 Å². The number of rotatable bonds is 4. The first kappa shape index (κ1) is 16.5. The fourth-order valence-electron chi connectivity index (χ4n) is 3.27. The third-order valence-electron chi connectivity index (χ3n) is 4.74. The molecule has 4 heterocycles. The van der Waals surface area contributed by atoms with Crippen LogP contribution in [0.1, 0.15) is 21.7 Å². The van der Waals surface area contributed by atoms with Crippen molar-refractivity contribution in [3.8, 4) is 17.4 Å². The fourth-order valence-corrected chi connectivity index (χ4v) is 3.27. The third kappa shape index (κ3) is 3.00. The van der Waals surface area contributed by atoms with Gasteiger partial charge in [-0.1, -0.05) is 11.3 Å². The average molecular weight is 379 g/mol. The van der Waals surface area contributed by atoms with Gasteiger partial charge in [0.1, 0.15) is 12.3 Å². The SMILES string of the molecule is O=C(c1ccc2c(c1)OCO2)N1CCn2nnc(COc3ccccn3)c2C1. The second kappa shape index (κ2) is 6.84. The number of benzene rings is 1. The molecule has 1 aromatic carbocycles. The van der Waals surface area contributed by atoms with Gasteiger partial charge in [0.25, 0.3) is 5.91 Å². The summed E-state index contributed by atoms with van der Waals surface area (Å²) in [5.41, 5.74) is 2.14. The van der Waals surface area contributed by atoms with E-state index in [0.29, 0.717) is 48.3 Å². The lowest BCUT2D eigenvalue weighted by Gasteiger charge is -2.27. The van der Waals surface area contributed by atoms with Crippen LogP contribution in [0.3, 0.4) is 0 Å². The molecule has 0 saturated carbocycles. The molecule has 0 radical (unpaired) electrons. The van der Waals surface area contributed by atoms with Gasteiger partial charge in [-0.15, -0.1) is 5.10 Å². The summed E-state index contributed by atoms with van der Waals surface area (Å²) in [5, 5.41) is 8.39. The molecule has 9 heteroatoms. The van der Waals surface area contributed by atoms with Crippen molar-refractivity contribution in [1.82, 2.24) is 24.9 Å². The maximum absolute atomic E-state index is 13.0. The zero-order valence-corrected chi connectivity index (χ0v) is 14.9. The highest BCUT2D eigenvalue weighted by Crippen LogP contribution is 2.33. The zero-order valence-electron chi connectivity index (χ0n) is 14.9. The number of hydrogen-bond donors (Lipinski definition) is 0. The van der Waals surface area contributed by atoms with E-state index in [1.807, 2.05) is 16.8 Å². The van der Waals surface area contributed by atoms with Crippen LogP contribution in [0.4, 0.5) is 0 Å². The van der Waals surface area contributed by atoms with Crippen LogP contribution in [-0.4, -0.2) is 44.1 Å². The van der Waals surface area contributed by atoms with Crippen molar-refractivity contribution in [3.05, 3.63) is 59.5 Å². The van der Waals surface area contributed by atoms with Gasteiger partial charge in [0.15, 0.2) is 11.5 Å². The van der Waals surface area contributed by atoms with Gasteiger partial charge in [-0.25, -0.2) is 9.67 Å². The number of hydrogen-bond acceptors (Lipinski definition) is 7. The highest BCUT2D eigenvalue weighted by atomic mass is 16.7. The molecular formula is C19H17N5O4. The first-order chi connectivity index (χ1) is 13.8. The summed E-state index contributed by atoms with van der Waals surface area (Å²) >= 11 is 0. The molecule has 0 atom stereocenters. The van der Waals surface area contributed by atoms with E-state index in [2.05, 4.69) is 15.3 Å². The molecule has 0 N–H and O–H groups in total. The Morgan fingerprint density at radius 2 is 2.07 bits per heavy atom. The largest absolute Gasteiger partial charge is 0.471 e. The molecule has 28 heavy (non-hydrogen) atoms. The van der Waals surface area contributed by atoms with Crippen molar-refractivity contribution in [1.29, 1.82) is 0 Å². The van der Waals surface area contributed by atoms with Gasteiger partial charge in [0, 0.05) is 24.4 Å². The van der Waals surface area contributed by atoms with Gasteiger partial charge in [-0.05, 0) is 24.3 Å².